The Hall–Kier alpha value is -3.61. The monoisotopic (exact) mass is 486 g/mol. The SMILES string of the molecule is CC(C)CC(C(=O)N1CCC(C(N)=O)CC1)N1C(=O)c2ccccc2C1c1cn(C)c2ccccc12. The number of rotatable bonds is 6. The first-order chi connectivity index (χ1) is 17.3. The molecule has 2 aliphatic rings. The van der Waals surface area contributed by atoms with Crippen LogP contribution in [0, 0.1) is 11.8 Å². The zero-order valence-electron chi connectivity index (χ0n) is 21.2. The largest absolute Gasteiger partial charge is 0.369 e. The van der Waals surface area contributed by atoms with Gasteiger partial charge in [-0.1, -0.05) is 50.2 Å². The topological polar surface area (TPSA) is 88.6 Å². The van der Waals surface area contributed by atoms with Gasteiger partial charge in [0.2, 0.25) is 11.8 Å². The maximum atomic E-state index is 14.1. The number of nitrogens with zero attached hydrogens (tertiary/aromatic N) is 3. The number of benzene rings is 2. The minimum Gasteiger partial charge on any atom is -0.369 e. The van der Waals surface area contributed by atoms with Gasteiger partial charge in [-0.2, -0.15) is 0 Å². The fourth-order valence-electron chi connectivity index (χ4n) is 5.94. The van der Waals surface area contributed by atoms with Crippen LogP contribution in [0.4, 0.5) is 0 Å². The van der Waals surface area contributed by atoms with Crippen LogP contribution >= 0.6 is 0 Å². The zero-order valence-corrected chi connectivity index (χ0v) is 21.2. The van der Waals surface area contributed by atoms with Gasteiger partial charge in [0.1, 0.15) is 6.04 Å². The molecule has 5 rings (SSSR count). The van der Waals surface area contributed by atoms with Crippen LogP contribution in [0.3, 0.4) is 0 Å². The molecule has 0 spiro atoms. The molecule has 0 bridgehead atoms. The number of piperidine rings is 1. The normalized spacial score (nSPS) is 19.2. The smallest absolute Gasteiger partial charge is 0.255 e. The first kappa shape index (κ1) is 24.1. The minimum absolute atomic E-state index is 0.0435. The van der Waals surface area contributed by atoms with Crippen LogP contribution in [0.5, 0.6) is 0 Å². The Morgan fingerprint density at radius 3 is 2.36 bits per heavy atom. The summed E-state index contributed by atoms with van der Waals surface area (Å²) in [6.07, 6.45) is 3.79. The molecule has 0 saturated carbocycles. The number of aryl methyl sites for hydroxylation is 1. The van der Waals surface area contributed by atoms with E-state index in [1.165, 1.54) is 0 Å². The summed E-state index contributed by atoms with van der Waals surface area (Å²) >= 11 is 0. The van der Waals surface area contributed by atoms with Gasteiger partial charge in [0.15, 0.2) is 0 Å². The Morgan fingerprint density at radius 1 is 1.00 bits per heavy atom. The van der Waals surface area contributed by atoms with Crippen molar-refractivity contribution in [2.75, 3.05) is 13.1 Å². The molecule has 1 aromatic heterocycles. The molecule has 7 heteroatoms. The van der Waals surface area contributed by atoms with Crippen molar-refractivity contribution in [1.82, 2.24) is 14.4 Å². The lowest BCUT2D eigenvalue weighted by atomic mass is 9.93. The molecular weight excluding hydrogens is 452 g/mol. The van der Waals surface area contributed by atoms with Crippen molar-refractivity contribution in [2.45, 2.75) is 45.2 Å². The average Bonchev–Trinajstić information content (AvgIpc) is 3.36. The predicted molar refractivity (Wildman–Crippen MR) is 139 cm³/mol. The summed E-state index contributed by atoms with van der Waals surface area (Å²) in [5.74, 6) is -0.430. The first-order valence-corrected chi connectivity index (χ1v) is 12.8. The highest BCUT2D eigenvalue weighted by Gasteiger charge is 2.46. The van der Waals surface area contributed by atoms with E-state index >= 15 is 0 Å². The molecular formula is C29H34N4O3. The number of para-hydroxylation sites is 1. The number of amides is 3. The van der Waals surface area contributed by atoms with E-state index < -0.39 is 6.04 Å². The van der Waals surface area contributed by atoms with Gasteiger partial charge < -0.3 is 20.1 Å². The molecule has 2 aromatic carbocycles. The van der Waals surface area contributed by atoms with Crippen LogP contribution in [0.15, 0.2) is 54.7 Å². The second kappa shape index (κ2) is 9.45. The number of likely N-dealkylation sites (tertiary alicyclic amines) is 1. The summed E-state index contributed by atoms with van der Waals surface area (Å²) < 4.78 is 2.09. The summed E-state index contributed by atoms with van der Waals surface area (Å²) in [5.41, 5.74) is 9.22. The van der Waals surface area contributed by atoms with Crippen molar-refractivity contribution in [1.29, 1.82) is 0 Å². The van der Waals surface area contributed by atoms with Crippen LogP contribution in [-0.2, 0) is 16.6 Å². The Bertz CT molecular complexity index is 1320. The van der Waals surface area contributed by atoms with E-state index in [-0.39, 0.29) is 35.6 Å². The third kappa shape index (κ3) is 4.06. The highest BCUT2D eigenvalue weighted by Crippen LogP contribution is 2.44. The number of aromatic nitrogens is 1. The Labute approximate surface area is 211 Å². The molecule has 36 heavy (non-hydrogen) atoms. The van der Waals surface area contributed by atoms with Gasteiger partial charge in [-0.3, -0.25) is 14.4 Å². The maximum Gasteiger partial charge on any atom is 0.255 e. The van der Waals surface area contributed by atoms with Crippen molar-refractivity contribution < 1.29 is 14.4 Å². The second-order valence-electron chi connectivity index (χ2n) is 10.6. The molecule has 1 saturated heterocycles. The zero-order chi connectivity index (χ0) is 25.6. The maximum absolute atomic E-state index is 14.1. The lowest BCUT2D eigenvalue weighted by Gasteiger charge is -2.39. The molecule has 2 unspecified atom stereocenters. The van der Waals surface area contributed by atoms with E-state index in [0.29, 0.717) is 37.9 Å². The first-order valence-electron chi connectivity index (χ1n) is 12.8. The molecule has 0 aliphatic carbocycles. The van der Waals surface area contributed by atoms with Crippen LogP contribution in [0.2, 0.25) is 0 Å². The minimum atomic E-state index is -0.598. The molecule has 3 aromatic rings. The highest BCUT2D eigenvalue weighted by atomic mass is 16.2. The molecule has 7 nitrogen and oxygen atoms in total. The van der Waals surface area contributed by atoms with Crippen LogP contribution < -0.4 is 5.73 Å². The van der Waals surface area contributed by atoms with Gasteiger partial charge in [0, 0.05) is 54.3 Å². The molecule has 188 valence electrons. The fourth-order valence-corrected chi connectivity index (χ4v) is 5.94. The Morgan fingerprint density at radius 2 is 1.67 bits per heavy atom. The van der Waals surface area contributed by atoms with Gasteiger partial charge in [0.25, 0.3) is 5.91 Å². The summed E-state index contributed by atoms with van der Waals surface area (Å²) in [5, 5.41) is 1.08. The summed E-state index contributed by atoms with van der Waals surface area (Å²) in [6.45, 7) is 5.13. The van der Waals surface area contributed by atoms with E-state index in [4.69, 9.17) is 5.73 Å². The molecule has 1 fully saturated rings. The molecule has 2 aliphatic heterocycles. The number of carbonyl (C=O) groups is 3. The van der Waals surface area contributed by atoms with E-state index in [1.54, 1.807) is 0 Å². The number of hydrogen-bond acceptors (Lipinski definition) is 3. The third-order valence-corrected chi connectivity index (χ3v) is 7.75. The van der Waals surface area contributed by atoms with Crippen molar-refractivity contribution in [3.05, 3.63) is 71.4 Å². The van der Waals surface area contributed by atoms with Crippen molar-refractivity contribution in [3.8, 4) is 0 Å². The van der Waals surface area contributed by atoms with E-state index in [2.05, 4.69) is 36.7 Å². The number of primary amides is 1. The van der Waals surface area contributed by atoms with Crippen molar-refractivity contribution in [3.63, 3.8) is 0 Å². The number of carbonyl (C=O) groups excluding carboxylic acids is 3. The van der Waals surface area contributed by atoms with E-state index in [9.17, 15) is 14.4 Å². The average molecular weight is 487 g/mol. The van der Waals surface area contributed by atoms with Gasteiger partial charge in [0.05, 0.1) is 6.04 Å². The van der Waals surface area contributed by atoms with Crippen LogP contribution in [0.25, 0.3) is 10.9 Å². The predicted octanol–water partition coefficient (Wildman–Crippen LogP) is 3.86. The Kier molecular flexibility index (Phi) is 6.33. The van der Waals surface area contributed by atoms with E-state index in [1.807, 2.05) is 53.2 Å². The summed E-state index contributed by atoms with van der Waals surface area (Å²) in [6, 6.07) is 15.0. The quantitative estimate of drug-likeness (QED) is 0.574. The summed E-state index contributed by atoms with van der Waals surface area (Å²) in [4.78, 5) is 43.3. The number of fused-ring (bicyclic) bond motifs is 2. The van der Waals surface area contributed by atoms with Crippen molar-refractivity contribution in [2.24, 2.45) is 24.6 Å². The summed E-state index contributed by atoms with van der Waals surface area (Å²) in [7, 11) is 2.01. The van der Waals surface area contributed by atoms with E-state index in [0.717, 1.165) is 22.0 Å². The lowest BCUT2D eigenvalue weighted by molar-refractivity contribution is -0.140. The van der Waals surface area contributed by atoms with Gasteiger partial charge in [-0.05, 0) is 42.9 Å². The number of hydrogen-bond donors (Lipinski definition) is 1. The molecule has 3 heterocycles. The van der Waals surface area contributed by atoms with Crippen LogP contribution in [-0.4, -0.2) is 51.2 Å². The second-order valence-corrected chi connectivity index (χ2v) is 10.6. The highest BCUT2D eigenvalue weighted by molar-refractivity contribution is 6.03. The van der Waals surface area contributed by atoms with Crippen LogP contribution in [0.1, 0.15) is 60.6 Å². The van der Waals surface area contributed by atoms with Gasteiger partial charge >= 0.3 is 0 Å². The molecule has 2 N–H and O–H groups in total. The number of nitrogens with two attached hydrogens (primary N) is 1. The molecule has 3 amide bonds. The van der Waals surface area contributed by atoms with Crippen molar-refractivity contribution >= 4 is 28.6 Å². The third-order valence-electron chi connectivity index (χ3n) is 7.75. The Balaban J connectivity index is 1.58. The standard InChI is InChI=1S/C29H34N4O3/c1-18(2)16-25(29(36)32-14-12-19(13-15-32)27(30)34)33-26(21-9-4-5-10-22(21)28(33)35)23-17-31(3)24-11-7-6-8-20(23)24/h4-11,17-19,25-26H,12-16H2,1-3H3,(H2,30,34). The fraction of sp³-hybridized carbons (Fsp3) is 0.414. The molecule has 2 atom stereocenters. The van der Waals surface area contributed by atoms with Gasteiger partial charge in [-0.15, -0.1) is 0 Å². The van der Waals surface area contributed by atoms with Gasteiger partial charge in [-0.25, -0.2) is 0 Å². The lowest BCUT2D eigenvalue weighted by Crippen LogP contribution is -2.53. The molecule has 0 radical (unpaired) electrons.